The van der Waals surface area contributed by atoms with Crippen molar-refractivity contribution in [1.82, 2.24) is 0 Å². The Hall–Kier alpha value is -0.630. The zero-order valence-corrected chi connectivity index (χ0v) is 3.29. The second-order valence-electron chi connectivity index (χ2n) is 0.324. The van der Waals surface area contributed by atoms with Gasteiger partial charge in [0.25, 0.3) is 0 Å². The van der Waals surface area contributed by atoms with Gasteiger partial charge in [-0.1, -0.05) is 0 Å². The lowest BCUT2D eigenvalue weighted by Gasteiger charge is -1.33. The van der Waals surface area contributed by atoms with Gasteiger partial charge < -0.3 is 0 Å². The Kier molecular flexibility index (Phi) is 2.95. The topological polar surface area (TPSA) is 47.6 Å². The fourth-order valence-electron chi connectivity index (χ4n) is 0.0250. The predicted octanol–water partition coefficient (Wildman–Crippen LogP) is 0.898. The van der Waals surface area contributed by atoms with E-state index in [-0.39, 0.29) is 0 Å². The Balaban J connectivity index is 3.46. The summed E-state index contributed by atoms with van der Waals surface area (Å²) in [5.74, 6) is 1.69. The van der Waals surface area contributed by atoms with E-state index in [0.29, 0.717) is 8.20 Å². The van der Waals surface area contributed by atoms with Crippen LogP contribution < -0.4 is 0 Å². The molecule has 0 aromatic heterocycles. The van der Waals surface area contributed by atoms with Crippen LogP contribution in [-0.2, 0) is 0 Å². The largest absolute Gasteiger partial charge is 0.254 e. The van der Waals surface area contributed by atoms with Crippen molar-refractivity contribution in [2.45, 2.75) is 0 Å². The van der Waals surface area contributed by atoms with Crippen LogP contribution in [0.15, 0.2) is 0 Å². The fourth-order valence-corrected chi connectivity index (χ4v) is 0.0750. The highest BCUT2D eigenvalue weighted by Crippen LogP contribution is 1.78. The molecule has 0 amide bonds. The molecule has 0 heterocycles. The van der Waals surface area contributed by atoms with Crippen LogP contribution in [0.1, 0.15) is 0 Å². The van der Waals surface area contributed by atoms with Gasteiger partial charge >= 0.3 is 0 Å². The minimum atomic E-state index is 0.302. The SMILES string of the molecule is N#CP=C=N. The molecule has 0 bridgehead atoms. The van der Waals surface area contributed by atoms with Crippen LogP contribution >= 0.6 is 8.20 Å². The van der Waals surface area contributed by atoms with E-state index in [1.54, 1.807) is 5.81 Å². The lowest BCUT2D eigenvalue weighted by Crippen LogP contribution is -1.19. The van der Waals surface area contributed by atoms with Crippen molar-refractivity contribution in [1.29, 1.82) is 10.7 Å². The maximum atomic E-state index is 7.62. The molecule has 0 rings (SSSR count). The molecule has 3 heteroatoms. The lowest BCUT2D eigenvalue weighted by atomic mass is 11.7. The van der Waals surface area contributed by atoms with Gasteiger partial charge in [-0.15, -0.1) is 0 Å². The molecule has 0 atom stereocenters. The first-order chi connectivity index (χ1) is 2.41. The standard InChI is InChI=1S/C2HN2P/c3-1-5-2-4/h3H. The quantitative estimate of drug-likeness (QED) is 0.344. The van der Waals surface area contributed by atoms with Gasteiger partial charge in [0.1, 0.15) is 5.81 Å². The Morgan fingerprint density at radius 1 is 1.80 bits per heavy atom. The number of rotatable bonds is 0. The summed E-state index contributed by atoms with van der Waals surface area (Å²) in [7, 11) is 0.302. The molecule has 1 N–H and O–H groups in total. The number of nitriles is 1. The molecule has 2 nitrogen and oxygen atoms in total. The molecule has 0 aliphatic rings. The first-order valence-corrected chi connectivity index (χ1v) is 1.82. The Morgan fingerprint density at radius 2 is 2.40 bits per heavy atom. The van der Waals surface area contributed by atoms with Crippen molar-refractivity contribution in [2.75, 3.05) is 0 Å². The summed E-state index contributed by atoms with van der Waals surface area (Å²) in [6, 6.07) is 0. The minimum absolute atomic E-state index is 0.302. The first kappa shape index (κ1) is 4.37. The van der Waals surface area contributed by atoms with Gasteiger partial charge in [-0.05, 0) is 0 Å². The third kappa shape index (κ3) is 3.37. The van der Waals surface area contributed by atoms with E-state index in [4.69, 9.17) is 10.7 Å². The van der Waals surface area contributed by atoms with Crippen molar-refractivity contribution in [3.05, 3.63) is 0 Å². The van der Waals surface area contributed by atoms with Gasteiger partial charge in [0.05, 0.1) is 8.20 Å². The average molecular weight is 84.0 g/mol. The van der Waals surface area contributed by atoms with Crippen LogP contribution in [0, 0.1) is 16.5 Å². The smallest absolute Gasteiger partial charge is 0.132 e. The van der Waals surface area contributed by atoms with Gasteiger partial charge in [-0.2, -0.15) is 5.26 Å². The highest BCUT2D eigenvalue weighted by molar-refractivity contribution is 7.42. The Morgan fingerprint density at radius 3 is 2.40 bits per heavy atom. The van der Waals surface area contributed by atoms with Crippen LogP contribution in [0.4, 0.5) is 0 Å². The maximum absolute atomic E-state index is 7.62. The van der Waals surface area contributed by atoms with Crippen LogP contribution in [-0.4, -0.2) is 5.59 Å². The molecule has 24 valence electrons. The van der Waals surface area contributed by atoms with E-state index < -0.39 is 0 Å². The molecule has 0 aliphatic heterocycles. The summed E-state index contributed by atoms with van der Waals surface area (Å²) in [5.41, 5.74) is 1.88. The van der Waals surface area contributed by atoms with E-state index in [0.717, 1.165) is 0 Å². The summed E-state index contributed by atoms with van der Waals surface area (Å²) >= 11 is 0. The van der Waals surface area contributed by atoms with Crippen molar-refractivity contribution in [3.63, 3.8) is 0 Å². The zero-order chi connectivity index (χ0) is 4.12. The molecular weight excluding hydrogens is 83.0 g/mol. The molecule has 0 aliphatic carbocycles. The third-order valence-electron chi connectivity index (χ3n) is 0.106. The van der Waals surface area contributed by atoms with E-state index in [1.807, 2.05) is 5.59 Å². The van der Waals surface area contributed by atoms with Gasteiger partial charge in [0.15, 0.2) is 0 Å². The second kappa shape index (κ2) is 3.37. The van der Waals surface area contributed by atoms with Crippen molar-refractivity contribution < 1.29 is 0 Å². The van der Waals surface area contributed by atoms with Gasteiger partial charge in [-0.3, -0.25) is 5.41 Å². The average Bonchev–Trinajstić information content (AvgIpc) is 1.41. The predicted molar refractivity (Wildman–Crippen MR) is 20.3 cm³/mol. The molecular formula is C2HN2P. The Bertz CT molecular complexity index is 94.7. The summed E-state index contributed by atoms with van der Waals surface area (Å²) in [5, 5.41) is 13.7. The highest BCUT2D eigenvalue weighted by atomic mass is 31.1. The first-order valence-electron chi connectivity index (χ1n) is 0.921. The van der Waals surface area contributed by atoms with Crippen molar-refractivity contribution in [3.8, 4) is 5.81 Å². The van der Waals surface area contributed by atoms with Crippen LogP contribution in [0.2, 0.25) is 0 Å². The normalized spacial score (nSPS) is 5.40. The molecule has 0 saturated carbocycles. The molecule has 0 unspecified atom stereocenters. The third-order valence-corrected chi connectivity index (χ3v) is 0.318. The van der Waals surface area contributed by atoms with Gasteiger partial charge in [-0.25, -0.2) is 0 Å². The summed E-state index contributed by atoms with van der Waals surface area (Å²) < 4.78 is 0. The summed E-state index contributed by atoms with van der Waals surface area (Å²) in [4.78, 5) is 0. The number of hydrogen-bond acceptors (Lipinski definition) is 2. The van der Waals surface area contributed by atoms with Gasteiger partial charge in [0.2, 0.25) is 0 Å². The zero-order valence-electron chi connectivity index (χ0n) is 2.39. The lowest BCUT2D eigenvalue weighted by molar-refractivity contribution is 1.57. The molecule has 0 fully saturated rings. The molecule has 0 spiro atoms. The van der Waals surface area contributed by atoms with Crippen molar-refractivity contribution in [2.24, 2.45) is 0 Å². The molecule has 0 saturated heterocycles. The van der Waals surface area contributed by atoms with Crippen LogP contribution in [0.25, 0.3) is 0 Å². The fraction of sp³-hybridized carbons (Fsp3) is 0. The minimum Gasteiger partial charge on any atom is -0.254 e. The number of nitrogens with one attached hydrogen (secondary N) is 1. The van der Waals surface area contributed by atoms with E-state index in [2.05, 4.69) is 0 Å². The molecule has 0 radical (unpaired) electrons. The van der Waals surface area contributed by atoms with Crippen molar-refractivity contribution >= 4 is 13.8 Å². The highest BCUT2D eigenvalue weighted by Gasteiger charge is 1.44. The molecule has 5 heavy (non-hydrogen) atoms. The maximum Gasteiger partial charge on any atom is 0.132 e. The Labute approximate surface area is 31.4 Å². The monoisotopic (exact) mass is 84.0 g/mol. The van der Waals surface area contributed by atoms with E-state index in [1.165, 1.54) is 0 Å². The van der Waals surface area contributed by atoms with E-state index in [9.17, 15) is 0 Å². The molecule has 0 aromatic rings. The number of hydrogen-bond donors (Lipinski definition) is 1. The summed E-state index contributed by atoms with van der Waals surface area (Å²) in [6.07, 6.45) is 0. The van der Waals surface area contributed by atoms with E-state index >= 15 is 0 Å². The van der Waals surface area contributed by atoms with Crippen LogP contribution in [0.5, 0.6) is 0 Å². The number of nitrogens with zero attached hydrogens (tertiary/aromatic N) is 1. The second-order valence-corrected chi connectivity index (χ2v) is 0.971. The summed E-state index contributed by atoms with van der Waals surface area (Å²) in [6.45, 7) is 0. The van der Waals surface area contributed by atoms with Crippen LogP contribution in [0.3, 0.4) is 0 Å². The molecule has 0 aromatic carbocycles. The van der Waals surface area contributed by atoms with Gasteiger partial charge in [0, 0.05) is 5.59 Å².